The van der Waals surface area contributed by atoms with Crippen molar-refractivity contribution in [1.29, 1.82) is 0 Å². The van der Waals surface area contributed by atoms with Crippen LogP contribution in [0, 0.1) is 0 Å². The lowest BCUT2D eigenvalue weighted by Gasteiger charge is -2.10. The number of anilines is 1. The molecule has 0 atom stereocenters. The Morgan fingerprint density at radius 3 is 2.62 bits per heavy atom. The lowest BCUT2D eigenvalue weighted by atomic mass is 10.2. The molecular formula is C19H20N4O3. The monoisotopic (exact) mass is 352 g/mol. The number of hydrogen-bond donors (Lipinski definition) is 3. The van der Waals surface area contributed by atoms with E-state index < -0.39 is 0 Å². The average molecular weight is 352 g/mol. The highest BCUT2D eigenvalue weighted by Gasteiger charge is 2.05. The van der Waals surface area contributed by atoms with E-state index in [9.17, 15) is 9.90 Å². The van der Waals surface area contributed by atoms with E-state index in [4.69, 9.17) is 4.74 Å². The molecule has 0 radical (unpaired) electrons. The summed E-state index contributed by atoms with van der Waals surface area (Å²) in [5.74, 6) is 0.440. The minimum absolute atomic E-state index is 0.0423. The van der Waals surface area contributed by atoms with Crippen molar-refractivity contribution in [2.24, 2.45) is 0 Å². The van der Waals surface area contributed by atoms with Gasteiger partial charge in [0.25, 0.3) is 0 Å². The first-order chi connectivity index (χ1) is 12.6. The molecule has 0 saturated carbocycles. The largest absolute Gasteiger partial charge is 0.504 e. The van der Waals surface area contributed by atoms with E-state index in [1.807, 2.05) is 35.0 Å². The number of carbonyl (C=O) groups excluding carboxylic acids is 1. The van der Waals surface area contributed by atoms with Crippen molar-refractivity contribution in [3.63, 3.8) is 0 Å². The van der Waals surface area contributed by atoms with Gasteiger partial charge in [0.2, 0.25) is 0 Å². The third-order valence-electron chi connectivity index (χ3n) is 3.83. The Bertz CT molecular complexity index is 861. The van der Waals surface area contributed by atoms with E-state index in [-0.39, 0.29) is 11.8 Å². The number of imidazole rings is 1. The molecule has 0 bridgehead atoms. The number of nitrogens with one attached hydrogen (secondary N) is 2. The highest BCUT2D eigenvalue weighted by atomic mass is 16.5. The average Bonchev–Trinajstić information content (AvgIpc) is 3.15. The topological polar surface area (TPSA) is 88.4 Å². The molecule has 0 aliphatic heterocycles. The number of hydrogen-bond acceptors (Lipinski definition) is 4. The predicted molar refractivity (Wildman–Crippen MR) is 98.3 cm³/mol. The fourth-order valence-electron chi connectivity index (χ4n) is 2.49. The van der Waals surface area contributed by atoms with Gasteiger partial charge in [-0.25, -0.2) is 9.78 Å². The summed E-state index contributed by atoms with van der Waals surface area (Å²) in [6.45, 7) is 1.02. The molecule has 2 amide bonds. The van der Waals surface area contributed by atoms with Gasteiger partial charge in [-0.1, -0.05) is 18.2 Å². The summed E-state index contributed by atoms with van der Waals surface area (Å²) >= 11 is 0. The van der Waals surface area contributed by atoms with Crippen molar-refractivity contribution in [2.75, 3.05) is 12.4 Å². The van der Waals surface area contributed by atoms with Crippen LogP contribution in [0.3, 0.4) is 0 Å². The Balaban J connectivity index is 1.50. The summed E-state index contributed by atoms with van der Waals surface area (Å²) in [7, 11) is 1.49. The summed E-state index contributed by atoms with van der Waals surface area (Å²) in [6.07, 6.45) is 5.40. The molecule has 1 heterocycles. The van der Waals surface area contributed by atoms with Crippen LogP contribution >= 0.6 is 0 Å². The zero-order valence-electron chi connectivity index (χ0n) is 14.3. The van der Waals surface area contributed by atoms with Crippen LogP contribution < -0.4 is 15.4 Å². The molecular weight excluding hydrogens is 332 g/mol. The van der Waals surface area contributed by atoms with Crippen LogP contribution in [-0.2, 0) is 13.1 Å². The molecule has 0 unspecified atom stereocenters. The van der Waals surface area contributed by atoms with E-state index in [1.165, 1.54) is 7.11 Å². The van der Waals surface area contributed by atoms with Crippen LogP contribution in [0.15, 0.2) is 61.2 Å². The predicted octanol–water partition coefficient (Wildman–Crippen LogP) is 2.97. The van der Waals surface area contributed by atoms with E-state index >= 15 is 0 Å². The number of carbonyl (C=O) groups is 1. The molecule has 7 heteroatoms. The molecule has 0 fully saturated rings. The quantitative estimate of drug-likeness (QED) is 0.636. The second kappa shape index (κ2) is 8.06. The second-order valence-corrected chi connectivity index (χ2v) is 5.75. The van der Waals surface area contributed by atoms with Crippen LogP contribution in [0.2, 0.25) is 0 Å². The van der Waals surface area contributed by atoms with E-state index in [0.717, 1.165) is 17.7 Å². The first-order valence-corrected chi connectivity index (χ1v) is 8.09. The fourth-order valence-corrected chi connectivity index (χ4v) is 2.49. The number of urea groups is 1. The Labute approximate surface area is 151 Å². The number of phenolic OH excluding ortho intramolecular Hbond substituents is 1. The minimum Gasteiger partial charge on any atom is -0.504 e. The Morgan fingerprint density at radius 2 is 1.96 bits per heavy atom. The molecule has 3 aromatic rings. The molecule has 3 N–H and O–H groups in total. The summed E-state index contributed by atoms with van der Waals surface area (Å²) in [5.41, 5.74) is 2.59. The van der Waals surface area contributed by atoms with Gasteiger partial charge in [-0.3, -0.25) is 0 Å². The van der Waals surface area contributed by atoms with Crippen LogP contribution in [0.5, 0.6) is 11.5 Å². The molecule has 2 aromatic carbocycles. The SMILES string of the molecule is COc1ccc(CNC(=O)Nc2ccc(Cn3ccnc3)cc2)cc1O. The van der Waals surface area contributed by atoms with Gasteiger partial charge >= 0.3 is 6.03 Å². The number of phenols is 1. The number of aromatic hydroxyl groups is 1. The molecule has 0 aliphatic carbocycles. The van der Waals surface area contributed by atoms with Crippen LogP contribution in [0.1, 0.15) is 11.1 Å². The number of nitrogens with zero attached hydrogens (tertiary/aromatic N) is 2. The Kier molecular flexibility index (Phi) is 5.38. The van der Waals surface area contributed by atoms with Crippen molar-refractivity contribution in [2.45, 2.75) is 13.1 Å². The number of methoxy groups -OCH3 is 1. The van der Waals surface area contributed by atoms with E-state index in [0.29, 0.717) is 18.0 Å². The zero-order chi connectivity index (χ0) is 18.4. The Hall–Kier alpha value is -3.48. The maximum absolute atomic E-state index is 12.0. The smallest absolute Gasteiger partial charge is 0.319 e. The van der Waals surface area contributed by atoms with Crippen molar-refractivity contribution in [3.8, 4) is 11.5 Å². The van der Waals surface area contributed by atoms with Gasteiger partial charge in [0.05, 0.1) is 13.4 Å². The fraction of sp³-hybridized carbons (Fsp3) is 0.158. The van der Waals surface area contributed by atoms with Crippen molar-refractivity contribution in [1.82, 2.24) is 14.9 Å². The third-order valence-corrected chi connectivity index (χ3v) is 3.83. The van der Waals surface area contributed by atoms with Crippen molar-refractivity contribution < 1.29 is 14.6 Å². The molecule has 0 spiro atoms. The minimum atomic E-state index is -0.317. The number of rotatable bonds is 6. The number of benzene rings is 2. The van der Waals surface area contributed by atoms with Crippen LogP contribution in [-0.4, -0.2) is 27.8 Å². The summed E-state index contributed by atoms with van der Waals surface area (Å²) in [6, 6.07) is 12.3. The maximum Gasteiger partial charge on any atom is 0.319 e. The molecule has 0 saturated heterocycles. The number of amides is 2. The Morgan fingerprint density at radius 1 is 1.19 bits per heavy atom. The highest BCUT2D eigenvalue weighted by Crippen LogP contribution is 2.26. The highest BCUT2D eigenvalue weighted by molar-refractivity contribution is 5.89. The first kappa shape index (κ1) is 17.3. The number of ether oxygens (including phenoxy) is 1. The van der Waals surface area contributed by atoms with Gasteiger partial charge in [0, 0.05) is 31.2 Å². The van der Waals surface area contributed by atoms with Gasteiger partial charge in [-0.05, 0) is 35.4 Å². The van der Waals surface area contributed by atoms with Crippen molar-refractivity contribution >= 4 is 11.7 Å². The lowest BCUT2D eigenvalue weighted by Crippen LogP contribution is -2.28. The van der Waals surface area contributed by atoms with E-state index in [1.54, 1.807) is 30.7 Å². The summed E-state index contributed by atoms with van der Waals surface area (Å²) < 4.78 is 6.96. The van der Waals surface area contributed by atoms with E-state index in [2.05, 4.69) is 15.6 Å². The number of aromatic nitrogens is 2. The third kappa shape index (κ3) is 4.54. The lowest BCUT2D eigenvalue weighted by molar-refractivity contribution is 0.251. The van der Waals surface area contributed by atoms with Gasteiger partial charge in [-0.2, -0.15) is 0 Å². The van der Waals surface area contributed by atoms with Gasteiger partial charge < -0.3 is 25.0 Å². The molecule has 0 aliphatic rings. The molecule has 26 heavy (non-hydrogen) atoms. The van der Waals surface area contributed by atoms with Crippen LogP contribution in [0.25, 0.3) is 0 Å². The maximum atomic E-state index is 12.0. The first-order valence-electron chi connectivity index (χ1n) is 8.09. The zero-order valence-corrected chi connectivity index (χ0v) is 14.3. The molecule has 1 aromatic heterocycles. The summed E-state index contributed by atoms with van der Waals surface area (Å²) in [5, 5.41) is 15.3. The molecule has 7 nitrogen and oxygen atoms in total. The normalized spacial score (nSPS) is 10.3. The van der Waals surface area contributed by atoms with Gasteiger partial charge in [-0.15, -0.1) is 0 Å². The van der Waals surface area contributed by atoms with Gasteiger partial charge in [0.15, 0.2) is 11.5 Å². The second-order valence-electron chi connectivity index (χ2n) is 5.75. The van der Waals surface area contributed by atoms with Crippen molar-refractivity contribution in [3.05, 3.63) is 72.3 Å². The summed E-state index contributed by atoms with van der Waals surface area (Å²) in [4.78, 5) is 16.0. The van der Waals surface area contributed by atoms with Crippen LogP contribution in [0.4, 0.5) is 10.5 Å². The standard InChI is InChI=1S/C19H20N4O3/c1-26-18-7-4-15(10-17(18)24)11-21-19(25)22-16-5-2-14(3-6-16)12-23-9-8-20-13-23/h2-10,13,24H,11-12H2,1H3,(H2,21,22,25). The molecule has 134 valence electrons. The molecule has 3 rings (SSSR count). The van der Waals surface area contributed by atoms with Gasteiger partial charge in [0.1, 0.15) is 0 Å².